The van der Waals surface area contributed by atoms with Crippen molar-refractivity contribution in [2.75, 3.05) is 44.2 Å². The molecule has 7 nitrogen and oxygen atoms in total. The lowest BCUT2D eigenvalue weighted by molar-refractivity contribution is -0.119. The van der Waals surface area contributed by atoms with E-state index in [4.69, 9.17) is 27.1 Å². The Labute approximate surface area is 212 Å². The van der Waals surface area contributed by atoms with E-state index in [1.165, 1.54) is 11.3 Å². The monoisotopic (exact) mass is 571 g/mol. The van der Waals surface area contributed by atoms with E-state index in [-0.39, 0.29) is 30.6 Å². The van der Waals surface area contributed by atoms with Crippen molar-refractivity contribution < 1.29 is 9.53 Å². The number of amides is 1. The number of nitrogens with one attached hydrogen (secondary N) is 1. The van der Waals surface area contributed by atoms with E-state index >= 15 is 0 Å². The largest absolute Gasteiger partial charge is 0.484 e. The van der Waals surface area contributed by atoms with E-state index in [9.17, 15) is 4.79 Å². The predicted molar refractivity (Wildman–Crippen MR) is 141 cm³/mol. The van der Waals surface area contributed by atoms with Gasteiger partial charge in [-0.15, -0.1) is 24.0 Å². The summed E-state index contributed by atoms with van der Waals surface area (Å²) in [6.07, 6.45) is 0. The fourth-order valence-corrected chi connectivity index (χ4v) is 3.73. The average Bonchev–Trinajstić information content (AvgIpc) is 2.77. The van der Waals surface area contributed by atoms with Crippen molar-refractivity contribution in [2.24, 2.45) is 10.7 Å². The van der Waals surface area contributed by atoms with E-state index in [2.05, 4.69) is 35.0 Å². The molecule has 1 heterocycles. The second-order valence-corrected chi connectivity index (χ2v) is 7.91. The lowest BCUT2D eigenvalue weighted by atomic mass is 10.1. The number of guanidine groups is 1. The van der Waals surface area contributed by atoms with Crippen LogP contribution in [0.3, 0.4) is 0 Å². The van der Waals surface area contributed by atoms with Crippen molar-refractivity contribution in [2.45, 2.75) is 20.4 Å². The molecule has 1 saturated heterocycles. The van der Waals surface area contributed by atoms with E-state index in [1.807, 2.05) is 30.3 Å². The Kier molecular flexibility index (Phi) is 10.4. The number of carbonyl (C=O) groups excluding carboxylic acids is 1. The van der Waals surface area contributed by atoms with E-state index in [0.29, 0.717) is 12.3 Å². The number of primary amides is 1. The summed E-state index contributed by atoms with van der Waals surface area (Å²) < 4.78 is 5.39. The number of ether oxygens (including phenoxy) is 1. The Hall–Kier alpha value is -2.20. The first-order valence-electron chi connectivity index (χ1n) is 10.5. The van der Waals surface area contributed by atoms with Gasteiger partial charge in [-0.25, -0.2) is 4.99 Å². The third-order valence-corrected chi connectivity index (χ3v) is 5.35. The molecule has 0 radical (unpaired) electrons. The number of hydrogen-bond donors (Lipinski definition) is 2. The minimum absolute atomic E-state index is 0. The highest BCUT2D eigenvalue weighted by Crippen LogP contribution is 2.25. The van der Waals surface area contributed by atoms with Crippen molar-refractivity contribution in [3.05, 3.63) is 58.6 Å². The average molecular weight is 572 g/mol. The van der Waals surface area contributed by atoms with E-state index in [1.54, 1.807) is 6.07 Å². The van der Waals surface area contributed by atoms with Crippen molar-refractivity contribution in [1.82, 2.24) is 10.2 Å². The third-order valence-electron chi connectivity index (χ3n) is 5.12. The SMILES string of the molecule is CCNC(=NCc1cccc(OCC(N)=O)c1)N1CCN(c2cc(Cl)ccc2C)CC1.I. The van der Waals surface area contributed by atoms with E-state index < -0.39 is 5.91 Å². The minimum atomic E-state index is -0.495. The summed E-state index contributed by atoms with van der Waals surface area (Å²) in [4.78, 5) is 20.4. The van der Waals surface area contributed by atoms with Gasteiger partial charge in [-0.2, -0.15) is 0 Å². The summed E-state index contributed by atoms with van der Waals surface area (Å²) in [6, 6.07) is 13.6. The van der Waals surface area contributed by atoms with Crippen LogP contribution >= 0.6 is 35.6 Å². The number of anilines is 1. The molecule has 3 N–H and O–H groups in total. The quantitative estimate of drug-likeness (QED) is 0.302. The Balaban J connectivity index is 0.00000363. The third kappa shape index (κ3) is 7.44. The minimum Gasteiger partial charge on any atom is -0.484 e. The summed E-state index contributed by atoms with van der Waals surface area (Å²) in [5.41, 5.74) is 8.58. The number of carbonyl (C=O) groups is 1. The zero-order valence-electron chi connectivity index (χ0n) is 18.5. The highest BCUT2D eigenvalue weighted by atomic mass is 127. The van der Waals surface area contributed by atoms with Gasteiger partial charge in [0.25, 0.3) is 5.91 Å². The number of piperazine rings is 1. The molecule has 2 aromatic carbocycles. The molecule has 3 rings (SSSR count). The molecular weight excluding hydrogens is 541 g/mol. The van der Waals surface area contributed by atoms with Gasteiger partial charge in [0.2, 0.25) is 0 Å². The van der Waals surface area contributed by atoms with Gasteiger partial charge in [0.05, 0.1) is 6.54 Å². The molecule has 174 valence electrons. The molecule has 32 heavy (non-hydrogen) atoms. The molecule has 0 atom stereocenters. The first-order valence-corrected chi connectivity index (χ1v) is 10.9. The number of aryl methyl sites for hydroxylation is 1. The molecule has 1 amide bonds. The molecule has 0 spiro atoms. The Bertz CT molecular complexity index is 932. The van der Waals surface area contributed by atoms with Gasteiger partial charge in [0, 0.05) is 43.4 Å². The van der Waals surface area contributed by atoms with Gasteiger partial charge in [-0.05, 0) is 49.2 Å². The van der Waals surface area contributed by atoms with E-state index in [0.717, 1.165) is 49.3 Å². The maximum Gasteiger partial charge on any atom is 0.255 e. The molecule has 1 aliphatic rings. The first-order chi connectivity index (χ1) is 15.0. The lowest BCUT2D eigenvalue weighted by Gasteiger charge is -2.38. The highest BCUT2D eigenvalue weighted by Gasteiger charge is 2.21. The van der Waals surface area contributed by atoms with Crippen LogP contribution in [-0.2, 0) is 11.3 Å². The topological polar surface area (TPSA) is 83.2 Å². The fourth-order valence-electron chi connectivity index (χ4n) is 3.56. The van der Waals surface area contributed by atoms with Crippen LogP contribution in [-0.4, -0.2) is 56.1 Å². The molecule has 9 heteroatoms. The van der Waals surface area contributed by atoms with Crippen LogP contribution in [0, 0.1) is 6.92 Å². The molecule has 1 aliphatic heterocycles. The van der Waals surface area contributed by atoms with Crippen molar-refractivity contribution >= 4 is 53.1 Å². The van der Waals surface area contributed by atoms with Gasteiger partial charge in [0.1, 0.15) is 5.75 Å². The predicted octanol–water partition coefficient (Wildman–Crippen LogP) is 3.42. The smallest absolute Gasteiger partial charge is 0.255 e. The highest BCUT2D eigenvalue weighted by molar-refractivity contribution is 14.0. The molecule has 1 fully saturated rings. The van der Waals surface area contributed by atoms with Crippen LogP contribution in [0.2, 0.25) is 5.02 Å². The Morgan fingerprint density at radius 2 is 1.94 bits per heavy atom. The van der Waals surface area contributed by atoms with Gasteiger partial charge < -0.3 is 25.6 Å². The molecule has 0 aliphatic carbocycles. The van der Waals surface area contributed by atoms with Gasteiger partial charge in [-0.3, -0.25) is 4.79 Å². The Morgan fingerprint density at radius 3 is 2.62 bits per heavy atom. The van der Waals surface area contributed by atoms with Crippen LogP contribution in [0.15, 0.2) is 47.5 Å². The van der Waals surface area contributed by atoms with Gasteiger partial charge in [0.15, 0.2) is 12.6 Å². The molecule has 2 aromatic rings. The van der Waals surface area contributed by atoms with Crippen molar-refractivity contribution in [1.29, 1.82) is 0 Å². The maximum absolute atomic E-state index is 10.9. The molecule has 0 saturated carbocycles. The second-order valence-electron chi connectivity index (χ2n) is 7.48. The van der Waals surface area contributed by atoms with Gasteiger partial charge in [-0.1, -0.05) is 29.8 Å². The Morgan fingerprint density at radius 1 is 1.19 bits per heavy atom. The summed E-state index contributed by atoms with van der Waals surface area (Å²) in [5, 5.41) is 4.16. The molecule has 0 bridgehead atoms. The molecule has 0 aromatic heterocycles. The van der Waals surface area contributed by atoms with Crippen LogP contribution in [0.4, 0.5) is 5.69 Å². The lowest BCUT2D eigenvalue weighted by Crippen LogP contribution is -2.52. The number of halogens is 2. The fraction of sp³-hybridized carbons (Fsp3) is 0.391. The number of hydrogen-bond acceptors (Lipinski definition) is 4. The summed E-state index contributed by atoms with van der Waals surface area (Å²) in [5.74, 6) is 1.01. The standard InChI is InChI=1S/C23H30ClN5O2.HI/c1-3-26-23(27-15-18-5-4-6-20(13-18)31-16-22(25)30)29-11-9-28(10-12-29)21-14-19(24)8-7-17(21)2;/h4-8,13-14H,3,9-12,15-16H2,1-2H3,(H2,25,30)(H,26,27);1H. The zero-order chi connectivity index (χ0) is 22.2. The van der Waals surface area contributed by atoms with Crippen molar-refractivity contribution in [3.8, 4) is 5.75 Å². The summed E-state index contributed by atoms with van der Waals surface area (Å²) in [6.45, 7) is 8.93. The van der Waals surface area contributed by atoms with Crippen LogP contribution < -0.4 is 20.7 Å². The summed E-state index contributed by atoms with van der Waals surface area (Å²) in [7, 11) is 0. The molecular formula is C23H31ClIN5O2. The number of nitrogens with zero attached hydrogens (tertiary/aromatic N) is 3. The molecule has 0 unspecified atom stereocenters. The summed E-state index contributed by atoms with van der Waals surface area (Å²) >= 11 is 6.20. The number of nitrogens with two attached hydrogens (primary N) is 1. The number of rotatable bonds is 7. The first kappa shape index (κ1) is 26.1. The second kappa shape index (κ2) is 12.7. The van der Waals surface area contributed by atoms with Gasteiger partial charge >= 0.3 is 0 Å². The zero-order valence-corrected chi connectivity index (χ0v) is 21.6. The number of aliphatic imine (C=N–C) groups is 1. The van der Waals surface area contributed by atoms with Crippen LogP contribution in [0.25, 0.3) is 0 Å². The number of benzene rings is 2. The normalized spacial score (nSPS) is 14.0. The van der Waals surface area contributed by atoms with Crippen molar-refractivity contribution in [3.63, 3.8) is 0 Å². The van der Waals surface area contributed by atoms with Crippen LogP contribution in [0.1, 0.15) is 18.1 Å². The van der Waals surface area contributed by atoms with Crippen LogP contribution in [0.5, 0.6) is 5.75 Å². The maximum atomic E-state index is 10.9.